The first kappa shape index (κ1) is 14.7. The van der Waals surface area contributed by atoms with Crippen LogP contribution >= 0.6 is 0 Å². The van der Waals surface area contributed by atoms with Gasteiger partial charge in [-0.3, -0.25) is 4.79 Å². The molecule has 0 heterocycles. The molecule has 0 atom stereocenters. The van der Waals surface area contributed by atoms with E-state index in [2.05, 4.69) is 19.2 Å². The van der Waals surface area contributed by atoms with E-state index in [1.165, 1.54) is 5.56 Å². The van der Waals surface area contributed by atoms with E-state index >= 15 is 0 Å². The first-order valence-corrected chi connectivity index (χ1v) is 6.78. The summed E-state index contributed by atoms with van der Waals surface area (Å²) in [6, 6.07) is 7.68. The van der Waals surface area contributed by atoms with E-state index in [1.807, 2.05) is 24.3 Å². The van der Waals surface area contributed by atoms with Crippen LogP contribution in [0.4, 0.5) is 0 Å². The number of amides is 1. The molecule has 0 spiro atoms. The van der Waals surface area contributed by atoms with Gasteiger partial charge in [-0.1, -0.05) is 38.8 Å². The Morgan fingerprint density at radius 1 is 1.22 bits per heavy atom. The van der Waals surface area contributed by atoms with Gasteiger partial charge in [0.05, 0.1) is 0 Å². The third-order valence-corrected chi connectivity index (χ3v) is 3.36. The lowest BCUT2D eigenvalue weighted by Gasteiger charge is -2.13. The summed E-state index contributed by atoms with van der Waals surface area (Å²) in [6.07, 6.45) is 3.06. The molecule has 3 nitrogen and oxygen atoms in total. The summed E-state index contributed by atoms with van der Waals surface area (Å²) in [4.78, 5) is 11.9. The second-order valence-corrected chi connectivity index (χ2v) is 4.63. The Morgan fingerprint density at radius 2 is 1.83 bits per heavy atom. The molecule has 0 unspecified atom stereocenters. The van der Waals surface area contributed by atoms with Crippen LogP contribution in [0.5, 0.6) is 0 Å². The molecule has 0 aliphatic heterocycles. The summed E-state index contributed by atoms with van der Waals surface area (Å²) in [5.74, 6) is 0.590. The Balaban J connectivity index is 2.51. The minimum absolute atomic E-state index is 0.0150. The third kappa shape index (κ3) is 4.49. The summed E-state index contributed by atoms with van der Waals surface area (Å²) in [6.45, 7) is 5.71. The maximum atomic E-state index is 11.9. The van der Waals surface area contributed by atoms with Crippen molar-refractivity contribution in [2.45, 2.75) is 33.1 Å². The van der Waals surface area contributed by atoms with Crippen molar-refractivity contribution >= 4 is 5.91 Å². The summed E-state index contributed by atoms with van der Waals surface area (Å²) < 4.78 is 0. The normalized spacial score (nSPS) is 10.7. The number of carbonyl (C=O) groups is 1. The van der Waals surface area contributed by atoms with Gasteiger partial charge in [0, 0.05) is 12.1 Å². The maximum Gasteiger partial charge on any atom is 0.251 e. The lowest BCUT2D eigenvalue weighted by atomic mass is 10.0. The van der Waals surface area contributed by atoms with Crippen LogP contribution in [0.3, 0.4) is 0 Å². The average molecular weight is 248 g/mol. The predicted octanol–water partition coefficient (Wildman–Crippen LogP) is 2.35. The zero-order valence-corrected chi connectivity index (χ0v) is 11.4. The van der Waals surface area contributed by atoms with Gasteiger partial charge in [-0.25, -0.2) is 0 Å². The lowest BCUT2D eigenvalue weighted by Crippen LogP contribution is -2.28. The zero-order valence-electron chi connectivity index (χ0n) is 11.4. The molecule has 100 valence electrons. The molecule has 3 N–H and O–H groups in total. The first-order valence-electron chi connectivity index (χ1n) is 6.78. The van der Waals surface area contributed by atoms with Crippen LogP contribution in [0.2, 0.25) is 0 Å². The van der Waals surface area contributed by atoms with Crippen molar-refractivity contribution in [3.63, 3.8) is 0 Å². The van der Waals surface area contributed by atoms with Gasteiger partial charge in [-0.2, -0.15) is 0 Å². The highest BCUT2D eigenvalue weighted by Crippen LogP contribution is 2.07. The molecular formula is C15H24N2O. The molecule has 18 heavy (non-hydrogen) atoms. The Bertz CT molecular complexity index is 355. The monoisotopic (exact) mass is 248 g/mol. The van der Waals surface area contributed by atoms with Crippen LogP contribution < -0.4 is 11.1 Å². The van der Waals surface area contributed by atoms with Gasteiger partial charge in [0.15, 0.2) is 0 Å². The molecule has 0 aliphatic rings. The fourth-order valence-electron chi connectivity index (χ4n) is 1.91. The molecule has 3 heteroatoms. The minimum atomic E-state index is 0.0150. The van der Waals surface area contributed by atoms with Crippen molar-refractivity contribution < 1.29 is 4.79 Å². The van der Waals surface area contributed by atoms with E-state index in [0.29, 0.717) is 12.5 Å². The van der Waals surface area contributed by atoms with Gasteiger partial charge in [-0.15, -0.1) is 0 Å². The van der Waals surface area contributed by atoms with Crippen molar-refractivity contribution in [3.05, 3.63) is 35.4 Å². The smallest absolute Gasteiger partial charge is 0.251 e. The van der Waals surface area contributed by atoms with Gasteiger partial charge in [0.25, 0.3) is 5.91 Å². The van der Waals surface area contributed by atoms with Gasteiger partial charge >= 0.3 is 0 Å². The number of benzene rings is 1. The van der Waals surface area contributed by atoms with Crippen molar-refractivity contribution in [2.75, 3.05) is 13.1 Å². The summed E-state index contributed by atoms with van der Waals surface area (Å²) in [5, 5.41) is 2.99. The van der Waals surface area contributed by atoms with Crippen LogP contribution in [0.25, 0.3) is 0 Å². The summed E-state index contributed by atoms with van der Waals surface area (Å²) in [7, 11) is 0. The van der Waals surface area contributed by atoms with E-state index in [-0.39, 0.29) is 5.91 Å². The fourth-order valence-corrected chi connectivity index (χ4v) is 1.91. The van der Waals surface area contributed by atoms with Crippen LogP contribution in [0, 0.1) is 5.92 Å². The summed E-state index contributed by atoms with van der Waals surface area (Å²) >= 11 is 0. The number of hydrogen-bond acceptors (Lipinski definition) is 2. The van der Waals surface area contributed by atoms with Gasteiger partial charge < -0.3 is 11.1 Å². The van der Waals surface area contributed by atoms with Gasteiger partial charge in [0.2, 0.25) is 0 Å². The van der Waals surface area contributed by atoms with Crippen molar-refractivity contribution in [3.8, 4) is 0 Å². The van der Waals surface area contributed by atoms with E-state index in [9.17, 15) is 4.79 Å². The van der Waals surface area contributed by atoms with Crippen LogP contribution in [0.15, 0.2) is 24.3 Å². The van der Waals surface area contributed by atoms with Crippen LogP contribution in [-0.4, -0.2) is 19.0 Å². The Labute approximate surface area is 110 Å². The van der Waals surface area contributed by atoms with E-state index in [4.69, 9.17) is 5.73 Å². The number of nitrogens with one attached hydrogen (secondary N) is 1. The molecule has 0 bridgehead atoms. The standard InChI is InChI=1S/C15H24N2O/c1-3-12(4-2)11-17-15(18)14-7-5-13(6-8-14)9-10-16/h5-8,12H,3-4,9-11,16H2,1-2H3,(H,17,18). The molecule has 0 aliphatic carbocycles. The molecule has 0 fully saturated rings. The van der Waals surface area contributed by atoms with Crippen molar-refractivity contribution in [1.82, 2.24) is 5.32 Å². The zero-order chi connectivity index (χ0) is 13.4. The molecule has 0 radical (unpaired) electrons. The SMILES string of the molecule is CCC(CC)CNC(=O)c1ccc(CCN)cc1. The molecular weight excluding hydrogens is 224 g/mol. The molecule has 0 saturated heterocycles. The predicted molar refractivity (Wildman–Crippen MR) is 75.6 cm³/mol. The highest BCUT2D eigenvalue weighted by Gasteiger charge is 2.08. The van der Waals surface area contributed by atoms with Crippen molar-refractivity contribution in [1.29, 1.82) is 0 Å². The average Bonchev–Trinajstić information content (AvgIpc) is 2.41. The lowest BCUT2D eigenvalue weighted by molar-refractivity contribution is 0.0946. The largest absolute Gasteiger partial charge is 0.352 e. The maximum absolute atomic E-state index is 11.9. The topological polar surface area (TPSA) is 55.1 Å². The summed E-state index contributed by atoms with van der Waals surface area (Å²) in [5.41, 5.74) is 7.39. The highest BCUT2D eigenvalue weighted by molar-refractivity contribution is 5.94. The molecule has 1 aromatic rings. The van der Waals surface area contributed by atoms with Gasteiger partial charge in [0.1, 0.15) is 0 Å². The number of rotatable bonds is 7. The fraction of sp³-hybridized carbons (Fsp3) is 0.533. The quantitative estimate of drug-likeness (QED) is 0.778. The molecule has 0 aromatic heterocycles. The highest BCUT2D eigenvalue weighted by atomic mass is 16.1. The number of carbonyl (C=O) groups excluding carboxylic acids is 1. The van der Waals surface area contributed by atoms with Crippen LogP contribution in [0.1, 0.15) is 42.6 Å². The molecule has 1 rings (SSSR count). The Hall–Kier alpha value is -1.35. The third-order valence-electron chi connectivity index (χ3n) is 3.36. The van der Waals surface area contributed by atoms with E-state index < -0.39 is 0 Å². The molecule has 1 aromatic carbocycles. The Morgan fingerprint density at radius 3 is 2.33 bits per heavy atom. The first-order chi connectivity index (χ1) is 8.71. The molecule has 0 saturated carbocycles. The minimum Gasteiger partial charge on any atom is -0.352 e. The van der Waals surface area contributed by atoms with Crippen molar-refractivity contribution in [2.24, 2.45) is 11.7 Å². The second kappa shape index (κ2) is 7.88. The molecule has 1 amide bonds. The second-order valence-electron chi connectivity index (χ2n) is 4.63. The van der Waals surface area contributed by atoms with E-state index in [1.54, 1.807) is 0 Å². The number of hydrogen-bond donors (Lipinski definition) is 2. The Kier molecular flexibility index (Phi) is 6.44. The number of nitrogens with two attached hydrogens (primary N) is 1. The van der Waals surface area contributed by atoms with Gasteiger partial charge in [-0.05, 0) is 36.6 Å². The van der Waals surface area contributed by atoms with E-state index in [0.717, 1.165) is 31.4 Å². The van der Waals surface area contributed by atoms with Crippen LogP contribution in [-0.2, 0) is 6.42 Å².